The molecule has 0 saturated carbocycles. The maximum absolute atomic E-state index is 3.46. The summed E-state index contributed by atoms with van der Waals surface area (Å²) in [5, 5.41) is 0. The van der Waals surface area contributed by atoms with E-state index in [-0.39, 0.29) is 12.1 Å². The fraction of sp³-hybridized carbons (Fsp3) is 1.00. The molecule has 6 heteroatoms. The van der Waals surface area contributed by atoms with Crippen LogP contribution in [0.4, 0.5) is 0 Å². The zero-order chi connectivity index (χ0) is 5.86. The van der Waals surface area contributed by atoms with Crippen LogP contribution in [-0.2, 0) is 0 Å². The quantitative estimate of drug-likeness (QED) is 0.503. The van der Waals surface area contributed by atoms with Gasteiger partial charge in [-0.05, 0) is 5.67 Å². The van der Waals surface area contributed by atoms with Gasteiger partial charge in [-0.15, -0.1) is 61.2 Å². The predicted octanol–water partition coefficient (Wildman–Crippen LogP) is 3.08. The van der Waals surface area contributed by atoms with E-state index in [0.717, 1.165) is 0 Å². The smallest absolute Gasteiger partial charge is 0.113 e. The second kappa shape index (κ2) is 5.16. The summed E-state index contributed by atoms with van der Waals surface area (Å²) < 4.78 is 0. The molecule has 0 nitrogen and oxygen atoms in total. The van der Waals surface area contributed by atoms with Gasteiger partial charge in [-0.2, -0.15) is 0 Å². The van der Waals surface area contributed by atoms with E-state index < -0.39 is 0 Å². The minimum absolute atomic E-state index is 0.358. The van der Waals surface area contributed by atoms with Crippen LogP contribution in [0.15, 0.2) is 0 Å². The van der Waals surface area contributed by atoms with Crippen molar-refractivity contribution in [2.24, 2.45) is 0 Å². The molecular weight excluding hydrogens is 388 g/mol. The van der Waals surface area contributed by atoms with Crippen LogP contribution in [0.5, 0.6) is 0 Å². The zero-order valence-corrected chi connectivity index (χ0v) is 11.6. The Bertz CT molecular complexity index is 39.0. The first-order valence-electron chi connectivity index (χ1n) is 1.46. The summed E-state index contributed by atoms with van der Waals surface area (Å²) in [5.41, 5.74) is 1.23. The molecule has 0 spiro atoms. The number of halogens is 4. The summed E-state index contributed by atoms with van der Waals surface area (Å²) in [4.78, 5) is 0. The normalized spacial score (nSPS) is 11.1. The summed E-state index contributed by atoms with van der Waals surface area (Å²) in [6.45, 7) is 0. The molecule has 2 radical (unpaired) electrons. The van der Waals surface area contributed by atoms with E-state index in [0.29, 0.717) is 0 Å². The second-order valence-electron chi connectivity index (χ2n) is 0.854. The predicted molar refractivity (Wildman–Crippen MR) is 52.0 cm³/mol. The van der Waals surface area contributed by atoms with E-state index >= 15 is 0 Å². The van der Waals surface area contributed by atoms with Crippen molar-refractivity contribution in [2.45, 2.75) is 5.67 Å². The SMILES string of the molecule is Br[Si](Br)C[Si](Br)Br. The average molecular weight is 390 g/mol. The van der Waals surface area contributed by atoms with Crippen LogP contribution in [0, 0.1) is 0 Å². The highest BCUT2D eigenvalue weighted by Gasteiger charge is 2.08. The van der Waals surface area contributed by atoms with Crippen LogP contribution < -0.4 is 0 Å². The van der Waals surface area contributed by atoms with Gasteiger partial charge in [-0.1, -0.05) is 0 Å². The van der Waals surface area contributed by atoms with Gasteiger partial charge >= 0.3 is 0 Å². The molecule has 42 valence electrons. The zero-order valence-electron chi connectivity index (χ0n) is 3.22. The van der Waals surface area contributed by atoms with Gasteiger partial charge in [0.1, 0.15) is 0 Å². The van der Waals surface area contributed by atoms with E-state index in [2.05, 4.69) is 61.2 Å². The molecule has 0 saturated heterocycles. The van der Waals surface area contributed by atoms with Crippen molar-refractivity contribution < 1.29 is 0 Å². The molecule has 0 aromatic carbocycles. The van der Waals surface area contributed by atoms with Crippen LogP contribution in [0.25, 0.3) is 0 Å². The van der Waals surface area contributed by atoms with Crippen molar-refractivity contribution in [3.05, 3.63) is 0 Å². The molecule has 0 aliphatic heterocycles. The summed E-state index contributed by atoms with van der Waals surface area (Å²) >= 11 is 13.8. The number of hydrogen-bond donors (Lipinski definition) is 0. The highest BCUT2D eigenvalue weighted by atomic mass is 79.9. The summed E-state index contributed by atoms with van der Waals surface area (Å²) in [6.07, 6.45) is 0. The molecule has 0 aliphatic rings. The molecule has 0 aromatic rings. The molecule has 0 aliphatic carbocycles. The highest BCUT2D eigenvalue weighted by molar-refractivity contribution is 9.51. The van der Waals surface area contributed by atoms with E-state index in [1.807, 2.05) is 0 Å². The molecule has 7 heavy (non-hydrogen) atoms. The minimum Gasteiger partial charge on any atom is -0.113 e. The molecule has 0 heterocycles. The third-order valence-corrected chi connectivity index (χ3v) is 12.5. The van der Waals surface area contributed by atoms with E-state index in [4.69, 9.17) is 0 Å². The maximum atomic E-state index is 3.46. The fourth-order valence-corrected chi connectivity index (χ4v) is 24.5. The van der Waals surface area contributed by atoms with Gasteiger partial charge in [0.2, 0.25) is 12.1 Å². The van der Waals surface area contributed by atoms with Gasteiger partial charge in [-0.25, -0.2) is 0 Å². The summed E-state index contributed by atoms with van der Waals surface area (Å²) in [6, 6.07) is -0.715. The standard InChI is InChI=1S/CH2Br4Si2/c2-6(3)1-7(4)5/h1H2. The second-order valence-corrected chi connectivity index (χ2v) is 21.5. The van der Waals surface area contributed by atoms with Gasteiger partial charge in [0, 0.05) is 0 Å². The topological polar surface area (TPSA) is 0 Å². The molecule has 0 N–H and O–H groups in total. The third kappa shape index (κ3) is 8.35. The number of hydrogen-bond acceptors (Lipinski definition) is 0. The summed E-state index contributed by atoms with van der Waals surface area (Å²) in [7, 11) is 0. The van der Waals surface area contributed by atoms with Gasteiger partial charge in [0.05, 0.1) is 0 Å². The van der Waals surface area contributed by atoms with Crippen molar-refractivity contribution in [2.75, 3.05) is 0 Å². The van der Waals surface area contributed by atoms with E-state index in [1.54, 1.807) is 0 Å². The van der Waals surface area contributed by atoms with Crippen molar-refractivity contribution >= 4 is 73.2 Å². The van der Waals surface area contributed by atoms with E-state index in [9.17, 15) is 0 Å². The first-order chi connectivity index (χ1) is 3.13. The molecular formula is CH2Br4Si2. The van der Waals surface area contributed by atoms with E-state index in [1.165, 1.54) is 5.67 Å². The lowest BCUT2D eigenvalue weighted by molar-refractivity contribution is 2.10. The Labute approximate surface area is 78.0 Å². The Morgan fingerprint density at radius 3 is 1.14 bits per heavy atom. The Hall–Kier alpha value is 2.35. The maximum Gasteiger partial charge on any atom is 0.214 e. The lowest BCUT2D eigenvalue weighted by Crippen LogP contribution is -1.99. The first kappa shape index (κ1) is 9.35. The van der Waals surface area contributed by atoms with Crippen LogP contribution in [0.3, 0.4) is 0 Å². The molecule has 0 atom stereocenters. The molecule has 0 aromatic heterocycles. The molecule has 0 bridgehead atoms. The largest absolute Gasteiger partial charge is 0.214 e. The Morgan fingerprint density at radius 2 is 1.14 bits per heavy atom. The third-order valence-electron chi connectivity index (χ3n) is 0.267. The van der Waals surface area contributed by atoms with Crippen molar-refractivity contribution in [1.82, 2.24) is 0 Å². The lowest BCUT2D eigenvalue weighted by Gasteiger charge is -1.93. The van der Waals surface area contributed by atoms with Crippen molar-refractivity contribution in [3.8, 4) is 0 Å². The Balaban J connectivity index is 2.95. The highest BCUT2D eigenvalue weighted by Crippen LogP contribution is 2.17. The van der Waals surface area contributed by atoms with Crippen LogP contribution in [0.1, 0.15) is 0 Å². The van der Waals surface area contributed by atoms with Gasteiger partial charge in [-0.3, -0.25) is 0 Å². The fourth-order valence-electron chi connectivity index (χ4n) is 0.101. The average Bonchev–Trinajstić information content (AvgIpc) is 1.27. The van der Waals surface area contributed by atoms with Crippen molar-refractivity contribution in [3.63, 3.8) is 0 Å². The molecule has 0 fully saturated rings. The first-order valence-corrected chi connectivity index (χ1v) is 13.9. The van der Waals surface area contributed by atoms with Crippen LogP contribution in [-0.4, -0.2) is 12.1 Å². The van der Waals surface area contributed by atoms with Crippen LogP contribution >= 0.6 is 61.2 Å². The minimum atomic E-state index is -0.358. The Morgan fingerprint density at radius 1 is 0.857 bits per heavy atom. The monoisotopic (exact) mass is 386 g/mol. The van der Waals surface area contributed by atoms with Gasteiger partial charge in [0.15, 0.2) is 0 Å². The van der Waals surface area contributed by atoms with Gasteiger partial charge < -0.3 is 0 Å². The molecule has 0 rings (SSSR count). The van der Waals surface area contributed by atoms with Gasteiger partial charge in [0.25, 0.3) is 0 Å². The summed E-state index contributed by atoms with van der Waals surface area (Å²) in [5.74, 6) is 0. The van der Waals surface area contributed by atoms with Crippen molar-refractivity contribution in [1.29, 1.82) is 0 Å². The molecule has 0 amide bonds. The lowest BCUT2D eigenvalue weighted by atomic mass is 11.9. The molecule has 0 unspecified atom stereocenters. The number of rotatable bonds is 2. The van der Waals surface area contributed by atoms with Crippen LogP contribution in [0.2, 0.25) is 5.67 Å². The Kier molecular flexibility index (Phi) is 6.90.